The molecule has 0 aromatic heterocycles. The molecule has 1 heteroatoms. The van der Waals surface area contributed by atoms with Crippen LogP contribution in [0, 0.1) is 0 Å². The van der Waals surface area contributed by atoms with Gasteiger partial charge in [-0.2, -0.15) is 0 Å². The summed E-state index contributed by atoms with van der Waals surface area (Å²) in [4.78, 5) is 2.28. The van der Waals surface area contributed by atoms with Crippen molar-refractivity contribution in [1.29, 1.82) is 0 Å². The van der Waals surface area contributed by atoms with Crippen LogP contribution in [0.4, 0.5) is 0 Å². The van der Waals surface area contributed by atoms with Crippen LogP contribution in [-0.2, 0) is 0 Å². The highest BCUT2D eigenvalue weighted by Gasteiger charge is 2.01. The molecule has 0 amide bonds. The van der Waals surface area contributed by atoms with Crippen LogP contribution in [0.2, 0.25) is 0 Å². The minimum absolute atomic E-state index is 0.576. The first-order valence-corrected chi connectivity index (χ1v) is 5.06. The zero-order valence-electron chi connectivity index (χ0n) is 9.89. The molecule has 0 unspecified atom stereocenters. The summed E-state index contributed by atoms with van der Waals surface area (Å²) in [6, 6.07) is 0.576. The van der Waals surface area contributed by atoms with E-state index in [1.165, 1.54) is 11.3 Å². The Morgan fingerprint density at radius 2 is 1.77 bits per heavy atom. The van der Waals surface area contributed by atoms with E-state index in [0.717, 1.165) is 6.42 Å². The van der Waals surface area contributed by atoms with Crippen molar-refractivity contribution >= 4 is 0 Å². The molecule has 1 nitrogen and oxygen atoms in total. The molecule has 0 aliphatic rings. The quantitative estimate of drug-likeness (QED) is 0.599. The SMILES string of the molecule is CC/C(C)=C\C=C(/C)N(C)C(C)C. The molecule has 0 aromatic carbocycles. The molecule has 0 saturated carbocycles. The fourth-order valence-electron chi connectivity index (χ4n) is 0.906. The van der Waals surface area contributed by atoms with E-state index < -0.39 is 0 Å². The lowest BCUT2D eigenvalue weighted by molar-refractivity contribution is 0.345. The van der Waals surface area contributed by atoms with Crippen molar-refractivity contribution in [2.75, 3.05) is 7.05 Å². The Balaban J connectivity index is 4.32. The Morgan fingerprint density at radius 3 is 2.15 bits per heavy atom. The van der Waals surface area contributed by atoms with Crippen molar-refractivity contribution < 1.29 is 0 Å². The summed E-state index contributed by atoms with van der Waals surface area (Å²) in [6.07, 6.45) is 5.53. The smallest absolute Gasteiger partial charge is 0.0227 e. The first-order chi connectivity index (χ1) is 5.99. The van der Waals surface area contributed by atoms with Gasteiger partial charge in [0.05, 0.1) is 0 Å². The van der Waals surface area contributed by atoms with E-state index in [1.54, 1.807) is 0 Å². The molecule has 0 rings (SSSR count). The lowest BCUT2D eigenvalue weighted by Gasteiger charge is -2.24. The molecule has 0 bridgehead atoms. The summed E-state index contributed by atoms with van der Waals surface area (Å²) < 4.78 is 0. The highest BCUT2D eigenvalue weighted by atomic mass is 15.1. The van der Waals surface area contributed by atoms with Gasteiger partial charge in [-0.3, -0.25) is 0 Å². The van der Waals surface area contributed by atoms with Crippen LogP contribution in [0.15, 0.2) is 23.4 Å². The van der Waals surface area contributed by atoms with Crippen molar-refractivity contribution in [3.63, 3.8) is 0 Å². The minimum Gasteiger partial charge on any atom is -0.376 e. The minimum atomic E-state index is 0.576. The third kappa shape index (κ3) is 4.76. The molecule has 0 saturated heterocycles. The summed E-state index contributed by atoms with van der Waals surface area (Å²) >= 11 is 0. The average molecular weight is 181 g/mol. The van der Waals surface area contributed by atoms with E-state index in [-0.39, 0.29) is 0 Å². The Labute approximate surface area is 83.1 Å². The largest absolute Gasteiger partial charge is 0.376 e. The van der Waals surface area contributed by atoms with Gasteiger partial charge in [-0.05, 0) is 40.2 Å². The number of hydrogen-bond acceptors (Lipinski definition) is 1. The van der Waals surface area contributed by atoms with Gasteiger partial charge in [0, 0.05) is 18.8 Å². The van der Waals surface area contributed by atoms with Gasteiger partial charge in [0.15, 0.2) is 0 Å². The van der Waals surface area contributed by atoms with E-state index in [0.29, 0.717) is 6.04 Å². The maximum Gasteiger partial charge on any atom is 0.0227 e. The predicted molar refractivity (Wildman–Crippen MR) is 60.7 cm³/mol. The maximum absolute atomic E-state index is 2.28. The second-order valence-corrected chi connectivity index (χ2v) is 3.88. The summed E-state index contributed by atoms with van der Waals surface area (Å²) in [5.41, 5.74) is 2.75. The van der Waals surface area contributed by atoms with Crippen molar-refractivity contribution in [2.24, 2.45) is 0 Å². The lowest BCUT2D eigenvalue weighted by Crippen LogP contribution is -2.23. The zero-order valence-corrected chi connectivity index (χ0v) is 9.89. The molecule has 0 fully saturated rings. The van der Waals surface area contributed by atoms with Gasteiger partial charge >= 0.3 is 0 Å². The summed E-state index contributed by atoms with van der Waals surface area (Å²) in [6.45, 7) is 10.9. The fraction of sp³-hybridized carbons (Fsp3) is 0.667. The topological polar surface area (TPSA) is 3.24 Å². The molecule has 0 radical (unpaired) electrons. The van der Waals surface area contributed by atoms with Crippen LogP contribution in [-0.4, -0.2) is 18.0 Å². The summed E-state index contributed by atoms with van der Waals surface area (Å²) in [7, 11) is 2.13. The van der Waals surface area contributed by atoms with E-state index >= 15 is 0 Å². The van der Waals surface area contributed by atoms with E-state index in [2.05, 4.69) is 58.7 Å². The number of nitrogens with zero attached hydrogens (tertiary/aromatic N) is 1. The first-order valence-electron chi connectivity index (χ1n) is 5.06. The maximum atomic E-state index is 2.28. The van der Waals surface area contributed by atoms with Crippen LogP contribution in [0.5, 0.6) is 0 Å². The molecule has 0 N–H and O–H groups in total. The Hall–Kier alpha value is -0.720. The highest BCUT2D eigenvalue weighted by molar-refractivity contribution is 5.14. The number of hydrogen-bond donors (Lipinski definition) is 0. The highest BCUT2D eigenvalue weighted by Crippen LogP contribution is 2.07. The molecule has 0 aliphatic heterocycles. The summed E-state index contributed by atoms with van der Waals surface area (Å²) in [5.74, 6) is 0. The molecule has 76 valence electrons. The van der Waals surface area contributed by atoms with Gasteiger partial charge in [-0.1, -0.05) is 18.6 Å². The van der Waals surface area contributed by atoms with Crippen LogP contribution in [0.1, 0.15) is 41.0 Å². The Bertz CT molecular complexity index is 199. The molecule has 0 spiro atoms. The standard InChI is InChI=1S/C12H23N/c1-7-11(4)8-9-12(5)13(6)10(2)3/h8-10H,7H2,1-6H3/b11-8-,12-9+. The average Bonchev–Trinajstić information content (AvgIpc) is 2.11. The van der Waals surface area contributed by atoms with Gasteiger partial charge in [0.2, 0.25) is 0 Å². The molecular weight excluding hydrogens is 158 g/mol. The van der Waals surface area contributed by atoms with Gasteiger partial charge < -0.3 is 4.90 Å². The third-order valence-corrected chi connectivity index (χ3v) is 2.50. The van der Waals surface area contributed by atoms with Gasteiger partial charge in [0.25, 0.3) is 0 Å². The van der Waals surface area contributed by atoms with Gasteiger partial charge in [-0.15, -0.1) is 0 Å². The second-order valence-electron chi connectivity index (χ2n) is 3.88. The lowest BCUT2D eigenvalue weighted by atomic mass is 10.2. The first kappa shape index (κ1) is 12.3. The molecule has 0 aromatic rings. The zero-order chi connectivity index (χ0) is 10.4. The number of rotatable bonds is 4. The van der Waals surface area contributed by atoms with E-state index in [9.17, 15) is 0 Å². The molecule has 0 heterocycles. The molecule has 0 aliphatic carbocycles. The van der Waals surface area contributed by atoms with Crippen LogP contribution in [0.25, 0.3) is 0 Å². The monoisotopic (exact) mass is 181 g/mol. The van der Waals surface area contributed by atoms with Crippen molar-refractivity contribution in [1.82, 2.24) is 4.90 Å². The van der Waals surface area contributed by atoms with E-state index in [4.69, 9.17) is 0 Å². The van der Waals surface area contributed by atoms with Gasteiger partial charge in [0.1, 0.15) is 0 Å². The molecular formula is C12H23N. The van der Waals surface area contributed by atoms with Crippen molar-refractivity contribution in [3.05, 3.63) is 23.4 Å². The second kappa shape index (κ2) is 5.85. The fourth-order valence-corrected chi connectivity index (χ4v) is 0.906. The van der Waals surface area contributed by atoms with E-state index in [1.807, 2.05) is 0 Å². The van der Waals surface area contributed by atoms with Gasteiger partial charge in [-0.25, -0.2) is 0 Å². The van der Waals surface area contributed by atoms with Crippen molar-refractivity contribution in [2.45, 2.75) is 47.1 Å². The molecule has 13 heavy (non-hydrogen) atoms. The normalized spacial score (nSPS) is 13.8. The van der Waals surface area contributed by atoms with Crippen LogP contribution < -0.4 is 0 Å². The Morgan fingerprint density at radius 1 is 1.23 bits per heavy atom. The van der Waals surface area contributed by atoms with Crippen LogP contribution >= 0.6 is 0 Å². The van der Waals surface area contributed by atoms with Crippen LogP contribution in [0.3, 0.4) is 0 Å². The predicted octanol–water partition coefficient (Wildman–Crippen LogP) is 3.59. The Kier molecular flexibility index (Phi) is 5.52. The van der Waals surface area contributed by atoms with Crippen molar-refractivity contribution in [3.8, 4) is 0 Å². The number of allylic oxidation sites excluding steroid dienone is 4. The summed E-state index contributed by atoms with van der Waals surface area (Å²) in [5, 5.41) is 0. The molecule has 0 atom stereocenters. The third-order valence-electron chi connectivity index (χ3n) is 2.50.